The van der Waals surface area contributed by atoms with Crippen LogP contribution in [0.25, 0.3) is 0 Å². The van der Waals surface area contributed by atoms with Crippen molar-refractivity contribution in [1.29, 1.82) is 0 Å². The number of halogens is 6. The molecule has 3 N–H and O–H groups in total. The molecule has 1 aromatic heterocycles. The number of carbonyl (C=O) groups is 3. The van der Waals surface area contributed by atoms with E-state index in [1.165, 1.54) is 4.90 Å². The third kappa shape index (κ3) is 8.40. The van der Waals surface area contributed by atoms with Gasteiger partial charge in [0.2, 0.25) is 11.9 Å². The Balaban J connectivity index is 0.970. The molecule has 0 radical (unpaired) electrons. The summed E-state index contributed by atoms with van der Waals surface area (Å²) in [5, 5.41) is 8.92. The lowest BCUT2D eigenvalue weighted by Crippen LogP contribution is -2.40. The Morgan fingerprint density at radius 1 is 0.811 bits per heavy atom. The minimum Gasteiger partial charge on any atom is -0.454 e. The van der Waals surface area contributed by atoms with Crippen LogP contribution in [0.5, 0.6) is 6.01 Å². The van der Waals surface area contributed by atoms with Crippen LogP contribution in [0.3, 0.4) is 0 Å². The van der Waals surface area contributed by atoms with Gasteiger partial charge in [0.05, 0.1) is 5.54 Å². The van der Waals surface area contributed by atoms with Gasteiger partial charge in [0.1, 0.15) is 11.6 Å². The van der Waals surface area contributed by atoms with Gasteiger partial charge in [-0.1, -0.05) is 23.7 Å². The summed E-state index contributed by atoms with van der Waals surface area (Å²) in [6.45, 7) is -0.430. The number of amides is 3. The number of likely N-dealkylation sites (tertiary alicyclic amines) is 2. The molecular formula is C35H30ClF5N8O4. The number of nitrogens with one attached hydrogen (secondary N) is 3. The first-order chi connectivity index (χ1) is 25.2. The zero-order valence-corrected chi connectivity index (χ0v) is 28.3. The molecule has 0 spiro atoms. The first-order valence-corrected chi connectivity index (χ1v) is 16.8. The van der Waals surface area contributed by atoms with Crippen molar-refractivity contribution in [1.82, 2.24) is 24.8 Å². The third-order valence-corrected chi connectivity index (χ3v) is 9.49. The molecule has 7 rings (SSSR count). The summed E-state index contributed by atoms with van der Waals surface area (Å²) >= 11 is 6.03. The molecule has 2 aliphatic heterocycles. The highest BCUT2D eigenvalue weighted by Gasteiger charge is 2.46. The molecular weight excluding hydrogens is 727 g/mol. The Labute approximate surface area is 303 Å². The van der Waals surface area contributed by atoms with Crippen molar-refractivity contribution in [3.63, 3.8) is 0 Å². The van der Waals surface area contributed by atoms with Crippen LogP contribution in [0.4, 0.5) is 45.2 Å². The van der Waals surface area contributed by atoms with E-state index in [-0.39, 0.29) is 48.4 Å². The van der Waals surface area contributed by atoms with Gasteiger partial charge in [-0.2, -0.15) is 28.1 Å². The highest BCUT2D eigenvalue weighted by atomic mass is 35.5. The molecule has 2 saturated heterocycles. The molecule has 3 fully saturated rings. The lowest BCUT2D eigenvalue weighted by Gasteiger charge is -2.22. The molecule has 0 bridgehead atoms. The third-order valence-electron chi connectivity index (χ3n) is 9.24. The maximum Gasteiger partial charge on any atom is 0.422 e. The van der Waals surface area contributed by atoms with E-state index in [9.17, 15) is 36.3 Å². The van der Waals surface area contributed by atoms with E-state index in [2.05, 4.69) is 30.9 Å². The molecule has 53 heavy (non-hydrogen) atoms. The van der Waals surface area contributed by atoms with Crippen molar-refractivity contribution < 1.29 is 41.1 Å². The molecule has 18 heteroatoms. The second-order valence-electron chi connectivity index (χ2n) is 13.1. The van der Waals surface area contributed by atoms with Crippen molar-refractivity contribution >= 4 is 52.6 Å². The maximum absolute atomic E-state index is 13.5. The lowest BCUT2D eigenvalue weighted by molar-refractivity contribution is -0.154. The van der Waals surface area contributed by atoms with E-state index in [4.69, 9.17) is 16.3 Å². The van der Waals surface area contributed by atoms with Crippen LogP contribution >= 0.6 is 11.6 Å². The summed E-state index contributed by atoms with van der Waals surface area (Å²) in [6, 6.07) is 15.4. The number of hydrogen-bond donors (Lipinski definition) is 3. The average molecular weight is 757 g/mol. The number of carbonyl (C=O) groups excluding carboxylic acids is 3. The quantitative estimate of drug-likeness (QED) is 0.144. The van der Waals surface area contributed by atoms with E-state index >= 15 is 0 Å². The van der Waals surface area contributed by atoms with Crippen LogP contribution in [-0.2, 0) is 15.1 Å². The van der Waals surface area contributed by atoms with Crippen LogP contribution in [0, 0.1) is 23.5 Å². The van der Waals surface area contributed by atoms with Crippen molar-refractivity contribution in [3.05, 3.63) is 94.5 Å². The van der Waals surface area contributed by atoms with Gasteiger partial charge in [0, 0.05) is 66.0 Å². The number of alkyl halides is 3. The Morgan fingerprint density at radius 2 is 1.42 bits per heavy atom. The first kappa shape index (κ1) is 35.8. The molecule has 276 valence electrons. The standard InChI is InChI=1S/C35H30ClF5N8O4/c36-23-5-3-22(4-6-23)34(9-10-34)47-32-44-31(45-33(46-32)53-18-35(39,40)41)43-26-7-1-19(2-8-26)29(51)48-14-20-16-49(17-21(20)15-48)30(52)28(50)42-27-12-24(37)11-25(38)13-27/h1-8,11-13,20-21H,9-10,14-18H2,(H,42,50)(H2,43,44,45,46,47). The molecule has 4 aromatic rings. The van der Waals surface area contributed by atoms with Crippen LogP contribution in [-0.4, -0.2) is 81.4 Å². The van der Waals surface area contributed by atoms with Gasteiger partial charge in [0.25, 0.3) is 5.91 Å². The normalized spacial score (nSPS) is 18.7. The zero-order valence-electron chi connectivity index (χ0n) is 27.6. The number of aromatic nitrogens is 3. The topological polar surface area (TPSA) is 142 Å². The van der Waals surface area contributed by atoms with Gasteiger partial charge in [-0.05, 0) is 66.9 Å². The predicted molar refractivity (Wildman–Crippen MR) is 182 cm³/mol. The molecule has 3 heterocycles. The van der Waals surface area contributed by atoms with Crippen molar-refractivity contribution in [3.8, 4) is 6.01 Å². The largest absolute Gasteiger partial charge is 0.454 e. The highest BCUT2D eigenvalue weighted by Crippen LogP contribution is 2.48. The molecule has 2 unspecified atom stereocenters. The van der Waals surface area contributed by atoms with Gasteiger partial charge in [-0.15, -0.1) is 0 Å². The minimum atomic E-state index is -4.62. The van der Waals surface area contributed by atoms with Crippen LogP contribution in [0.15, 0.2) is 66.7 Å². The Bertz CT molecular complexity index is 2020. The monoisotopic (exact) mass is 756 g/mol. The Hall–Kier alpha value is -5.58. The molecule has 1 saturated carbocycles. The fourth-order valence-corrected chi connectivity index (χ4v) is 6.69. The average Bonchev–Trinajstić information content (AvgIpc) is 3.59. The molecule has 12 nitrogen and oxygen atoms in total. The Kier molecular flexibility index (Phi) is 9.52. The maximum atomic E-state index is 13.5. The van der Waals surface area contributed by atoms with Crippen LogP contribution in [0.1, 0.15) is 28.8 Å². The van der Waals surface area contributed by atoms with E-state index < -0.39 is 47.8 Å². The zero-order chi connectivity index (χ0) is 37.5. The number of anilines is 4. The van der Waals surface area contributed by atoms with Gasteiger partial charge >= 0.3 is 24.0 Å². The number of benzene rings is 3. The van der Waals surface area contributed by atoms with E-state index in [0.29, 0.717) is 35.4 Å². The van der Waals surface area contributed by atoms with E-state index in [0.717, 1.165) is 30.5 Å². The lowest BCUT2D eigenvalue weighted by atomic mass is 10.0. The summed E-state index contributed by atoms with van der Waals surface area (Å²) in [5.74, 6) is -4.12. The second kappa shape index (κ2) is 14.1. The number of ether oxygens (including phenoxy) is 1. The SMILES string of the molecule is O=C(Nc1cc(F)cc(F)c1)C(=O)N1CC2CN(C(=O)c3ccc(Nc4nc(NC5(c6ccc(Cl)cc6)CC5)nc(OCC(F)(F)F)n4)cc3)CC2C1. The van der Waals surface area contributed by atoms with Crippen LogP contribution < -0.4 is 20.7 Å². The minimum absolute atomic E-state index is 0.00127. The Morgan fingerprint density at radius 3 is 2.02 bits per heavy atom. The summed E-state index contributed by atoms with van der Waals surface area (Å²) in [7, 11) is 0. The number of hydrogen-bond acceptors (Lipinski definition) is 9. The summed E-state index contributed by atoms with van der Waals surface area (Å²) in [5.41, 5.74) is 1.01. The molecule has 2 atom stereocenters. The van der Waals surface area contributed by atoms with Crippen LogP contribution in [0.2, 0.25) is 5.02 Å². The fourth-order valence-electron chi connectivity index (χ4n) is 6.56. The number of fused-ring (bicyclic) bond motifs is 1. The predicted octanol–water partition coefficient (Wildman–Crippen LogP) is 5.76. The van der Waals surface area contributed by atoms with Crippen molar-refractivity contribution in [2.75, 3.05) is 48.7 Å². The number of rotatable bonds is 9. The van der Waals surface area contributed by atoms with E-state index in [1.807, 2.05) is 12.1 Å². The molecule has 3 amide bonds. The number of nitrogens with zero attached hydrogens (tertiary/aromatic N) is 5. The summed E-state index contributed by atoms with van der Waals surface area (Å²) in [4.78, 5) is 54.1. The van der Waals surface area contributed by atoms with Crippen molar-refractivity contribution in [2.45, 2.75) is 24.6 Å². The van der Waals surface area contributed by atoms with Gasteiger partial charge in [-0.25, -0.2) is 8.78 Å². The molecule has 3 aromatic carbocycles. The molecule has 1 aliphatic carbocycles. The summed E-state index contributed by atoms with van der Waals surface area (Å²) < 4.78 is 70.7. The smallest absolute Gasteiger partial charge is 0.422 e. The fraction of sp³-hybridized carbons (Fsp3) is 0.314. The van der Waals surface area contributed by atoms with E-state index in [1.54, 1.807) is 41.3 Å². The van der Waals surface area contributed by atoms with Gasteiger partial charge in [0.15, 0.2) is 6.61 Å². The van der Waals surface area contributed by atoms with Crippen molar-refractivity contribution in [2.24, 2.45) is 11.8 Å². The summed E-state index contributed by atoms with van der Waals surface area (Å²) in [6.07, 6.45) is -3.16. The molecule has 3 aliphatic rings. The first-order valence-electron chi connectivity index (χ1n) is 16.4. The highest BCUT2D eigenvalue weighted by molar-refractivity contribution is 6.39. The van der Waals surface area contributed by atoms with Gasteiger partial charge in [-0.3, -0.25) is 14.4 Å². The van der Waals surface area contributed by atoms with Gasteiger partial charge < -0.3 is 30.5 Å². The second-order valence-corrected chi connectivity index (χ2v) is 13.6.